The van der Waals surface area contributed by atoms with Gasteiger partial charge in [-0.15, -0.1) is 5.10 Å². The fourth-order valence-electron chi connectivity index (χ4n) is 2.79. The summed E-state index contributed by atoms with van der Waals surface area (Å²) in [7, 11) is 0. The van der Waals surface area contributed by atoms with E-state index in [1.807, 2.05) is 35.2 Å². The number of carbonyl (C=O) groups is 1. The van der Waals surface area contributed by atoms with E-state index in [4.69, 9.17) is 8.94 Å². The monoisotopic (exact) mass is 339 g/mol. The van der Waals surface area contributed by atoms with Crippen LogP contribution in [-0.4, -0.2) is 52.3 Å². The van der Waals surface area contributed by atoms with Crippen LogP contribution in [0.15, 0.2) is 45.3 Å². The molecule has 0 bridgehead atoms. The molecule has 8 heteroatoms. The molecule has 128 valence electrons. The third kappa shape index (κ3) is 3.10. The highest BCUT2D eigenvalue weighted by atomic mass is 16.5. The van der Waals surface area contributed by atoms with Crippen LogP contribution < -0.4 is 4.90 Å². The Morgan fingerprint density at radius 2 is 1.84 bits per heavy atom. The Bertz CT molecular complexity index is 865. The summed E-state index contributed by atoms with van der Waals surface area (Å²) < 4.78 is 10.7. The number of aryl methyl sites for hydroxylation is 1. The lowest BCUT2D eigenvalue weighted by molar-refractivity contribution is 0.0734. The number of hydrogen-bond acceptors (Lipinski definition) is 7. The molecule has 1 amide bonds. The van der Waals surface area contributed by atoms with Crippen LogP contribution in [0.4, 0.5) is 6.01 Å². The standard InChI is InChI=1S/C17H17N5O3/c1-12-18-19-17(24-12)22-9-7-21(8-10-22)16(23)14-11-15(25-20-14)13-5-3-2-4-6-13/h2-6,11H,7-10H2,1H3. The quantitative estimate of drug-likeness (QED) is 0.721. The van der Waals surface area contributed by atoms with Gasteiger partial charge < -0.3 is 18.7 Å². The Morgan fingerprint density at radius 3 is 2.52 bits per heavy atom. The Kier molecular flexibility index (Phi) is 3.93. The van der Waals surface area contributed by atoms with Crippen LogP contribution in [0.1, 0.15) is 16.4 Å². The van der Waals surface area contributed by atoms with Gasteiger partial charge in [-0.25, -0.2) is 0 Å². The van der Waals surface area contributed by atoms with Crippen LogP contribution >= 0.6 is 0 Å². The highest BCUT2D eigenvalue weighted by Crippen LogP contribution is 2.21. The van der Waals surface area contributed by atoms with Gasteiger partial charge in [0.05, 0.1) is 0 Å². The first-order valence-electron chi connectivity index (χ1n) is 8.07. The minimum absolute atomic E-state index is 0.132. The number of amides is 1. The van der Waals surface area contributed by atoms with E-state index in [0.29, 0.717) is 49.5 Å². The first kappa shape index (κ1) is 15.4. The van der Waals surface area contributed by atoms with Crippen molar-refractivity contribution in [2.75, 3.05) is 31.1 Å². The lowest BCUT2D eigenvalue weighted by atomic mass is 10.1. The van der Waals surface area contributed by atoms with Crippen molar-refractivity contribution in [2.24, 2.45) is 0 Å². The van der Waals surface area contributed by atoms with Gasteiger partial charge in [-0.2, -0.15) is 0 Å². The summed E-state index contributed by atoms with van der Waals surface area (Å²) in [5, 5.41) is 11.8. The molecule has 2 aromatic heterocycles. The normalized spacial score (nSPS) is 14.8. The summed E-state index contributed by atoms with van der Waals surface area (Å²) in [6.07, 6.45) is 0. The van der Waals surface area contributed by atoms with E-state index in [9.17, 15) is 4.79 Å². The van der Waals surface area contributed by atoms with Gasteiger partial charge in [0.25, 0.3) is 5.91 Å². The number of aromatic nitrogens is 3. The molecule has 1 aromatic carbocycles. The van der Waals surface area contributed by atoms with Crippen molar-refractivity contribution < 1.29 is 13.7 Å². The van der Waals surface area contributed by atoms with Crippen LogP contribution in [0.2, 0.25) is 0 Å². The van der Waals surface area contributed by atoms with Crippen LogP contribution in [-0.2, 0) is 0 Å². The molecular formula is C17H17N5O3. The van der Waals surface area contributed by atoms with Gasteiger partial charge in [-0.1, -0.05) is 40.6 Å². The average molecular weight is 339 g/mol. The molecule has 0 unspecified atom stereocenters. The van der Waals surface area contributed by atoms with Crippen molar-refractivity contribution in [3.05, 3.63) is 48.0 Å². The van der Waals surface area contributed by atoms with Crippen LogP contribution in [0, 0.1) is 6.92 Å². The van der Waals surface area contributed by atoms with E-state index >= 15 is 0 Å². The number of rotatable bonds is 3. The van der Waals surface area contributed by atoms with Gasteiger partial charge in [0.1, 0.15) is 0 Å². The molecule has 0 spiro atoms. The summed E-state index contributed by atoms with van der Waals surface area (Å²) >= 11 is 0. The number of nitrogens with zero attached hydrogens (tertiary/aromatic N) is 5. The summed E-state index contributed by atoms with van der Waals surface area (Å²) in [6, 6.07) is 11.8. The zero-order chi connectivity index (χ0) is 17.2. The zero-order valence-corrected chi connectivity index (χ0v) is 13.8. The highest BCUT2D eigenvalue weighted by molar-refractivity contribution is 5.93. The van der Waals surface area contributed by atoms with Crippen LogP contribution in [0.5, 0.6) is 0 Å². The molecule has 3 heterocycles. The summed E-state index contributed by atoms with van der Waals surface area (Å²) in [4.78, 5) is 16.4. The second kappa shape index (κ2) is 6.39. The maximum Gasteiger partial charge on any atom is 0.318 e. The van der Waals surface area contributed by atoms with Crippen molar-refractivity contribution in [3.63, 3.8) is 0 Å². The Hall–Kier alpha value is -3.16. The average Bonchev–Trinajstić information content (AvgIpc) is 3.31. The SMILES string of the molecule is Cc1nnc(N2CCN(C(=O)c3cc(-c4ccccc4)on3)CC2)o1. The van der Waals surface area contributed by atoms with E-state index in [0.717, 1.165) is 5.56 Å². The van der Waals surface area contributed by atoms with Gasteiger partial charge in [0.15, 0.2) is 11.5 Å². The predicted molar refractivity (Wildman–Crippen MR) is 89.1 cm³/mol. The molecule has 0 atom stereocenters. The maximum atomic E-state index is 12.6. The fourth-order valence-corrected chi connectivity index (χ4v) is 2.79. The van der Waals surface area contributed by atoms with Crippen LogP contribution in [0.3, 0.4) is 0 Å². The molecule has 25 heavy (non-hydrogen) atoms. The smallest absolute Gasteiger partial charge is 0.318 e. The number of piperazine rings is 1. The molecule has 0 aliphatic carbocycles. The summed E-state index contributed by atoms with van der Waals surface area (Å²) in [6.45, 7) is 4.15. The summed E-state index contributed by atoms with van der Waals surface area (Å²) in [5.41, 5.74) is 1.21. The van der Waals surface area contributed by atoms with E-state index < -0.39 is 0 Å². The largest absolute Gasteiger partial charge is 0.408 e. The molecule has 0 N–H and O–H groups in total. The van der Waals surface area contributed by atoms with Crippen molar-refractivity contribution in [1.82, 2.24) is 20.3 Å². The molecule has 3 aromatic rings. The maximum absolute atomic E-state index is 12.6. The van der Waals surface area contributed by atoms with E-state index in [2.05, 4.69) is 15.4 Å². The predicted octanol–water partition coefficient (Wildman–Crippen LogP) is 2.00. The second-order valence-electron chi connectivity index (χ2n) is 5.83. The van der Waals surface area contributed by atoms with Gasteiger partial charge in [0.2, 0.25) is 5.89 Å². The first-order valence-corrected chi connectivity index (χ1v) is 8.07. The third-order valence-electron chi connectivity index (χ3n) is 4.14. The van der Waals surface area contributed by atoms with Crippen molar-refractivity contribution >= 4 is 11.9 Å². The van der Waals surface area contributed by atoms with Crippen molar-refractivity contribution in [2.45, 2.75) is 6.92 Å². The highest BCUT2D eigenvalue weighted by Gasteiger charge is 2.26. The number of anilines is 1. The van der Waals surface area contributed by atoms with E-state index in [1.165, 1.54) is 0 Å². The number of hydrogen-bond donors (Lipinski definition) is 0. The van der Waals surface area contributed by atoms with Gasteiger partial charge in [0, 0.05) is 44.7 Å². The minimum atomic E-state index is -0.132. The Balaban J connectivity index is 1.42. The molecule has 1 aliphatic rings. The lowest BCUT2D eigenvalue weighted by Crippen LogP contribution is -2.49. The van der Waals surface area contributed by atoms with E-state index in [-0.39, 0.29) is 5.91 Å². The molecule has 8 nitrogen and oxygen atoms in total. The van der Waals surface area contributed by atoms with Crippen molar-refractivity contribution in [3.8, 4) is 11.3 Å². The topological polar surface area (TPSA) is 88.5 Å². The Labute approximate surface area is 144 Å². The molecule has 1 saturated heterocycles. The Morgan fingerprint density at radius 1 is 1.08 bits per heavy atom. The fraction of sp³-hybridized carbons (Fsp3) is 0.294. The molecule has 0 radical (unpaired) electrons. The molecule has 1 aliphatic heterocycles. The lowest BCUT2D eigenvalue weighted by Gasteiger charge is -2.33. The minimum Gasteiger partial charge on any atom is -0.408 e. The van der Waals surface area contributed by atoms with Crippen LogP contribution in [0.25, 0.3) is 11.3 Å². The van der Waals surface area contributed by atoms with Gasteiger partial charge in [-0.3, -0.25) is 4.79 Å². The second-order valence-corrected chi connectivity index (χ2v) is 5.83. The third-order valence-corrected chi connectivity index (χ3v) is 4.14. The molecular weight excluding hydrogens is 322 g/mol. The summed E-state index contributed by atoms with van der Waals surface area (Å²) in [5.74, 6) is 0.987. The van der Waals surface area contributed by atoms with Crippen molar-refractivity contribution in [1.29, 1.82) is 0 Å². The molecule has 4 rings (SSSR count). The number of benzene rings is 1. The number of carbonyl (C=O) groups excluding carboxylic acids is 1. The van der Waals surface area contributed by atoms with Gasteiger partial charge in [-0.05, 0) is 0 Å². The zero-order valence-electron chi connectivity index (χ0n) is 13.8. The van der Waals surface area contributed by atoms with E-state index in [1.54, 1.807) is 17.9 Å². The molecule has 1 fully saturated rings. The first-order chi connectivity index (χ1) is 12.2. The molecule has 0 saturated carbocycles. The van der Waals surface area contributed by atoms with Gasteiger partial charge >= 0.3 is 6.01 Å².